The van der Waals surface area contributed by atoms with Gasteiger partial charge in [0.05, 0.1) is 11.4 Å². The van der Waals surface area contributed by atoms with Crippen LogP contribution in [0.3, 0.4) is 0 Å². The molecule has 1 fully saturated rings. The van der Waals surface area contributed by atoms with Crippen molar-refractivity contribution in [1.82, 2.24) is 10.6 Å². The van der Waals surface area contributed by atoms with Gasteiger partial charge in [0.15, 0.2) is 15.8 Å². The number of benzene rings is 1. The minimum atomic E-state index is -3.17. The number of guanidine groups is 1. The van der Waals surface area contributed by atoms with Gasteiger partial charge in [0.25, 0.3) is 0 Å². The Balaban J connectivity index is 1.82. The first-order valence-electron chi connectivity index (χ1n) is 9.36. The number of hydrogen-bond donors (Lipinski definition) is 2. The Bertz CT molecular complexity index is 686. The molecule has 0 amide bonds. The van der Waals surface area contributed by atoms with E-state index < -0.39 is 9.84 Å². The van der Waals surface area contributed by atoms with Crippen molar-refractivity contribution in [2.45, 2.75) is 50.5 Å². The summed E-state index contributed by atoms with van der Waals surface area (Å²) in [5, 5.41) is 6.81. The van der Waals surface area contributed by atoms with Gasteiger partial charge in [-0.05, 0) is 49.9 Å². The van der Waals surface area contributed by atoms with Crippen LogP contribution in [0.25, 0.3) is 0 Å². The second kappa shape index (κ2) is 9.80. The third kappa shape index (κ3) is 6.86. The summed E-state index contributed by atoms with van der Waals surface area (Å²) in [6.45, 7) is 6.16. The zero-order chi connectivity index (χ0) is 19.0. The van der Waals surface area contributed by atoms with E-state index in [1.807, 2.05) is 0 Å². The molecule has 0 saturated heterocycles. The van der Waals surface area contributed by atoms with Gasteiger partial charge >= 0.3 is 0 Å². The standard InChI is InChI=1S/C19H31N3O3S/c1-4-20-19(22-16-7-5-6-15(2)14-16)21-12-13-25-17-8-10-18(11-9-17)26(3,23)24/h8-11,15-16H,4-7,12-14H2,1-3H3,(H2,20,21,22). The maximum absolute atomic E-state index is 11.5. The topological polar surface area (TPSA) is 79.8 Å². The third-order valence-corrected chi connectivity index (χ3v) is 5.63. The molecule has 0 aliphatic heterocycles. The summed E-state index contributed by atoms with van der Waals surface area (Å²) < 4.78 is 28.6. The van der Waals surface area contributed by atoms with Crippen LogP contribution in [-0.2, 0) is 9.84 Å². The summed E-state index contributed by atoms with van der Waals surface area (Å²) in [5.41, 5.74) is 0. The number of hydrogen-bond acceptors (Lipinski definition) is 4. The largest absolute Gasteiger partial charge is 0.492 e. The van der Waals surface area contributed by atoms with Crippen LogP contribution >= 0.6 is 0 Å². The molecule has 0 radical (unpaired) electrons. The summed E-state index contributed by atoms with van der Waals surface area (Å²) in [4.78, 5) is 4.87. The highest BCUT2D eigenvalue weighted by Gasteiger charge is 2.19. The first-order chi connectivity index (χ1) is 12.4. The van der Waals surface area contributed by atoms with Gasteiger partial charge in [0.1, 0.15) is 12.4 Å². The van der Waals surface area contributed by atoms with Crippen molar-refractivity contribution < 1.29 is 13.2 Å². The van der Waals surface area contributed by atoms with Crippen molar-refractivity contribution in [3.8, 4) is 5.75 Å². The van der Waals surface area contributed by atoms with Gasteiger partial charge in [-0.15, -0.1) is 0 Å². The molecule has 0 aromatic heterocycles. The molecule has 2 N–H and O–H groups in total. The molecule has 1 saturated carbocycles. The lowest BCUT2D eigenvalue weighted by Crippen LogP contribution is -2.45. The summed E-state index contributed by atoms with van der Waals surface area (Å²) >= 11 is 0. The molecule has 2 atom stereocenters. The molecule has 26 heavy (non-hydrogen) atoms. The predicted molar refractivity (Wildman–Crippen MR) is 106 cm³/mol. The fourth-order valence-corrected chi connectivity index (χ4v) is 3.81. The smallest absolute Gasteiger partial charge is 0.191 e. The quantitative estimate of drug-likeness (QED) is 0.431. The van der Waals surface area contributed by atoms with Crippen molar-refractivity contribution in [3.05, 3.63) is 24.3 Å². The molecule has 2 rings (SSSR count). The van der Waals surface area contributed by atoms with E-state index in [2.05, 4.69) is 29.5 Å². The predicted octanol–water partition coefficient (Wildman–Crippen LogP) is 2.60. The lowest BCUT2D eigenvalue weighted by Gasteiger charge is -2.28. The van der Waals surface area contributed by atoms with Crippen LogP contribution in [0.1, 0.15) is 39.5 Å². The van der Waals surface area contributed by atoms with Crippen LogP contribution in [0, 0.1) is 5.92 Å². The third-order valence-electron chi connectivity index (χ3n) is 4.50. The van der Waals surface area contributed by atoms with Gasteiger partial charge in [0, 0.05) is 18.8 Å². The number of ether oxygens (including phenoxy) is 1. The zero-order valence-corrected chi connectivity index (χ0v) is 16.8. The van der Waals surface area contributed by atoms with Crippen molar-refractivity contribution in [2.24, 2.45) is 10.9 Å². The van der Waals surface area contributed by atoms with Crippen molar-refractivity contribution in [1.29, 1.82) is 0 Å². The molecule has 1 aliphatic rings. The van der Waals surface area contributed by atoms with Crippen LogP contribution in [0.15, 0.2) is 34.2 Å². The molecule has 0 bridgehead atoms. The molecule has 2 unspecified atom stereocenters. The van der Waals surface area contributed by atoms with E-state index in [0.29, 0.717) is 29.8 Å². The minimum Gasteiger partial charge on any atom is -0.492 e. The van der Waals surface area contributed by atoms with Gasteiger partial charge in [0.2, 0.25) is 0 Å². The summed E-state index contributed by atoms with van der Waals surface area (Å²) in [7, 11) is -3.17. The average Bonchev–Trinajstić information content (AvgIpc) is 2.58. The Morgan fingerprint density at radius 1 is 1.27 bits per heavy atom. The first-order valence-corrected chi connectivity index (χ1v) is 11.3. The van der Waals surface area contributed by atoms with Crippen LogP contribution in [0.2, 0.25) is 0 Å². The van der Waals surface area contributed by atoms with E-state index in [4.69, 9.17) is 4.74 Å². The van der Waals surface area contributed by atoms with Crippen LogP contribution in [0.4, 0.5) is 0 Å². The SMILES string of the molecule is CCNC(=NCCOc1ccc(S(C)(=O)=O)cc1)NC1CCCC(C)C1. The van der Waals surface area contributed by atoms with Gasteiger partial charge in [-0.2, -0.15) is 0 Å². The van der Waals surface area contributed by atoms with Gasteiger partial charge in [-0.1, -0.05) is 19.8 Å². The minimum absolute atomic E-state index is 0.295. The number of aliphatic imine (C=N–C) groups is 1. The maximum Gasteiger partial charge on any atom is 0.191 e. The maximum atomic E-state index is 11.5. The van der Waals surface area contributed by atoms with Gasteiger partial charge in [-0.3, -0.25) is 0 Å². The highest BCUT2D eigenvalue weighted by molar-refractivity contribution is 7.90. The van der Waals surface area contributed by atoms with E-state index in [-0.39, 0.29) is 0 Å². The molecule has 1 aromatic carbocycles. The molecule has 0 heterocycles. The molecule has 1 aromatic rings. The Kier molecular flexibility index (Phi) is 7.75. The van der Waals surface area contributed by atoms with Gasteiger partial charge in [-0.25, -0.2) is 13.4 Å². The summed E-state index contributed by atoms with van der Waals surface area (Å²) in [6.07, 6.45) is 6.16. The molecular weight excluding hydrogens is 350 g/mol. The van der Waals surface area contributed by atoms with E-state index in [1.54, 1.807) is 24.3 Å². The first kappa shape index (κ1) is 20.6. The van der Waals surface area contributed by atoms with E-state index in [9.17, 15) is 8.42 Å². The van der Waals surface area contributed by atoms with Crippen LogP contribution in [-0.4, -0.2) is 46.4 Å². The van der Waals surface area contributed by atoms with Crippen LogP contribution < -0.4 is 15.4 Å². The highest BCUT2D eigenvalue weighted by Crippen LogP contribution is 2.23. The van der Waals surface area contributed by atoms with E-state index in [1.165, 1.54) is 31.9 Å². The highest BCUT2D eigenvalue weighted by atomic mass is 32.2. The Morgan fingerprint density at radius 2 is 2.00 bits per heavy atom. The Hall–Kier alpha value is -1.76. The molecule has 146 valence electrons. The average molecular weight is 382 g/mol. The van der Waals surface area contributed by atoms with Gasteiger partial charge < -0.3 is 15.4 Å². The number of sulfone groups is 1. The van der Waals surface area contributed by atoms with E-state index in [0.717, 1.165) is 18.4 Å². The second-order valence-electron chi connectivity index (χ2n) is 6.97. The lowest BCUT2D eigenvalue weighted by molar-refractivity contribution is 0.320. The van der Waals surface area contributed by atoms with E-state index >= 15 is 0 Å². The molecular formula is C19H31N3O3S. The number of rotatable bonds is 7. The molecule has 6 nitrogen and oxygen atoms in total. The number of nitrogens with one attached hydrogen (secondary N) is 2. The van der Waals surface area contributed by atoms with Crippen molar-refractivity contribution in [2.75, 3.05) is 26.0 Å². The second-order valence-corrected chi connectivity index (χ2v) is 8.98. The lowest BCUT2D eigenvalue weighted by atomic mass is 9.87. The zero-order valence-electron chi connectivity index (χ0n) is 16.0. The fraction of sp³-hybridized carbons (Fsp3) is 0.632. The monoisotopic (exact) mass is 381 g/mol. The molecule has 1 aliphatic carbocycles. The van der Waals surface area contributed by atoms with Crippen molar-refractivity contribution >= 4 is 15.8 Å². The Morgan fingerprint density at radius 3 is 2.62 bits per heavy atom. The fourth-order valence-electron chi connectivity index (χ4n) is 3.18. The summed E-state index contributed by atoms with van der Waals surface area (Å²) in [5.74, 6) is 2.25. The van der Waals surface area contributed by atoms with Crippen LogP contribution in [0.5, 0.6) is 5.75 Å². The normalized spacial score (nSPS) is 21.3. The summed E-state index contributed by atoms with van der Waals surface area (Å²) in [6, 6.07) is 6.95. The molecule has 7 heteroatoms. The number of nitrogens with zero attached hydrogens (tertiary/aromatic N) is 1. The van der Waals surface area contributed by atoms with Crippen molar-refractivity contribution in [3.63, 3.8) is 0 Å². The molecule has 0 spiro atoms. The Labute approximate surface area is 157 Å².